The van der Waals surface area contributed by atoms with Gasteiger partial charge in [0.1, 0.15) is 6.54 Å². The van der Waals surface area contributed by atoms with E-state index in [1.54, 1.807) is 11.3 Å². The van der Waals surface area contributed by atoms with Gasteiger partial charge >= 0.3 is 0 Å². The number of fused-ring (bicyclic) bond motifs is 1. The van der Waals surface area contributed by atoms with Crippen molar-refractivity contribution in [1.29, 1.82) is 0 Å². The highest BCUT2D eigenvalue weighted by molar-refractivity contribution is 14.0. The lowest BCUT2D eigenvalue weighted by Crippen LogP contribution is -2.40. The van der Waals surface area contributed by atoms with Gasteiger partial charge in [-0.1, -0.05) is 13.3 Å². The monoisotopic (exact) mass is 450 g/mol. The molecule has 5 nitrogen and oxygen atoms in total. The first-order valence-electron chi connectivity index (χ1n) is 8.09. The smallest absolute Gasteiger partial charge is 0.244 e. The summed E-state index contributed by atoms with van der Waals surface area (Å²) in [7, 11) is 0. The molecule has 0 saturated carbocycles. The van der Waals surface area contributed by atoms with Crippen molar-refractivity contribution >= 4 is 47.2 Å². The van der Waals surface area contributed by atoms with E-state index in [1.165, 1.54) is 10.4 Å². The van der Waals surface area contributed by atoms with Gasteiger partial charge in [-0.3, -0.25) is 4.79 Å². The molecular formula is C16H27IN4OS. The lowest BCUT2D eigenvalue weighted by atomic mass is 10.1. The third-order valence-corrected chi connectivity index (χ3v) is 4.72. The topological polar surface area (TPSA) is 56.7 Å². The van der Waals surface area contributed by atoms with Crippen molar-refractivity contribution < 1.29 is 4.79 Å². The van der Waals surface area contributed by atoms with E-state index in [0.29, 0.717) is 0 Å². The highest BCUT2D eigenvalue weighted by atomic mass is 127. The van der Waals surface area contributed by atoms with E-state index in [0.717, 1.165) is 51.4 Å². The van der Waals surface area contributed by atoms with Gasteiger partial charge in [0, 0.05) is 31.1 Å². The third-order valence-electron chi connectivity index (χ3n) is 3.70. The number of carbonyl (C=O) groups is 1. The quantitative estimate of drug-likeness (QED) is 0.303. The molecule has 2 N–H and O–H groups in total. The predicted molar refractivity (Wildman–Crippen MR) is 108 cm³/mol. The lowest BCUT2D eigenvalue weighted by Gasteiger charge is -2.26. The number of carbonyl (C=O) groups excluding carboxylic acids is 1. The Morgan fingerprint density at radius 3 is 2.96 bits per heavy atom. The number of amides is 1. The molecule has 130 valence electrons. The van der Waals surface area contributed by atoms with Gasteiger partial charge in [-0.15, -0.1) is 35.3 Å². The Morgan fingerprint density at radius 2 is 2.22 bits per heavy atom. The number of rotatable bonds is 6. The summed E-state index contributed by atoms with van der Waals surface area (Å²) in [6.07, 6.45) is 3.21. The zero-order valence-electron chi connectivity index (χ0n) is 13.9. The van der Waals surface area contributed by atoms with Crippen LogP contribution in [-0.4, -0.2) is 42.9 Å². The Labute approximate surface area is 160 Å². The molecule has 1 aliphatic heterocycles. The summed E-state index contributed by atoms with van der Waals surface area (Å²) in [5, 5.41) is 8.55. The zero-order chi connectivity index (χ0) is 15.8. The maximum Gasteiger partial charge on any atom is 0.244 e. The van der Waals surface area contributed by atoms with Crippen LogP contribution in [0.3, 0.4) is 0 Å². The van der Waals surface area contributed by atoms with Gasteiger partial charge in [0.05, 0.1) is 0 Å². The Balaban J connectivity index is 0.00000264. The lowest BCUT2D eigenvalue weighted by molar-refractivity contribution is -0.130. The number of halogens is 1. The van der Waals surface area contributed by atoms with Gasteiger partial charge in [-0.25, -0.2) is 4.99 Å². The van der Waals surface area contributed by atoms with Gasteiger partial charge in [0.15, 0.2) is 5.96 Å². The number of nitrogens with one attached hydrogen (secondary N) is 2. The number of hydrogen-bond acceptors (Lipinski definition) is 3. The van der Waals surface area contributed by atoms with Crippen LogP contribution < -0.4 is 10.6 Å². The fraction of sp³-hybridized carbons (Fsp3) is 0.625. The number of aliphatic imine (C=N–C) groups is 1. The molecule has 1 aliphatic rings. The molecule has 0 saturated heterocycles. The van der Waals surface area contributed by atoms with E-state index in [4.69, 9.17) is 0 Å². The number of unbranched alkanes of at least 4 members (excludes halogenated alkanes) is 1. The first-order chi connectivity index (χ1) is 10.7. The van der Waals surface area contributed by atoms with E-state index in [-0.39, 0.29) is 36.4 Å². The summed E-state index contributed by atoms with van der Waals surface area (Å²) in [6, 6.07) is 2.12. The SMILES string of the molecule is CCCCNC(=NCC(=O)N1CCc2sccc2C1)NCC.I. The highest BCUT2D eigenvalue weighted by Crippen LogP contribution is 2.23. The molecule has 0 aromatic carbocycles. The Morgan fingerprint density at radius 1 is 1.39 bits per heavy atom. The van der Waals surface area contributed by atoms with E-state index in [9.17, 15) is 4.79 Å². The van der Waals surface area contributed by atoms with E-state index in [1.807, 2.05) is 11.8 Å². The average molecular weight is 450 g/mol. The predicted octanol–water partition coefficient (Wildman–Crippen LogP) is 2.61. The maximum atomic E-state index is 12.3. The van der Waals surface area contributed by atoms with E-state index in [2.05, 4.69) is 34.0 Å². The Kier molecular flexibility index (Phi) is 9.54. The van der Waals surface area contributed by atoms with Gasteiger partial charge < -0.3 is 15.5 Å². The minimum absolute atomic E-state index is 0. The van der Waals surface area contributed by atoms with Crippen molar-refractivity contribution in [2.75, 3.05) is 26.2 Å². The number of thiophene rings is 1. The van der Waals surface area contributed by atoms with Gasteiger partial charge in [-0.05, 0) is 36.8 Å². The molecule has 0 spiro atoms. The van der Waals surface area contributed by atoms with Crippen molar-refractivity contribution in [3.63, 3.8) is 0 Å². The molecule has 0 fully saturated rings. The molecule has 0 radical (unpaired) electrons. The fourth-order valence-corrected chi connectivity index (χ4v) is 3.32. The summed E-state index contributed by atoms with van der Waals surface area (Å²) in [5.41, 5.74) is 1.29. The molecule has 1 aromatic rings. The molecule has 0 atom stereocenters. The summed E-state index contributed by atoms with van der Waals surface area (Å²) >= 11 is 1.79. The highest BCUT2D eigenvalue weighted by Gasteiger charge is 2.21. The summed E-state index contributed by atoms with van der Waals surface area (Å²) in [4.78, 5) is 20.1. The van der Waals surface area contributed by atoms with Gasteiger partial charge in [0.25, 0.3) is 0 Å². The molecule has 0 unspecified atom stereocenters. The van der Waals surface area contributed by atoms with Crippen LogP contribution in [0.2, 0.25) is 0 Å². The van der Waals surface area contributed by atoms with Crippen molar-refractivity contribution in [1.82, 2.24) is 15.5 Å². The second kappa shape index (κ2) is 10.9. The van der Waals surface area contributed by atoms with Gasteiger partial charge in [0.2, 0.25) is 5.91 Å². The zero-order valence-corrected chi connectivity index (χ0v) is 17.1. The number of guanidine groups is 1. The molecule has 0 aliphatic carbocycles. The third kappa shape index (κ3) is 6.29. The van der Waals surface area contributed by atoms with Crippen LogP contribution in [0.25, 0.3) is 0 Å². The summed E-state index contributed by atoms with van der Waals surface area (Å²) in [5.74, 6) is 0.835. The molecule has 2 rings (SSSR count). The Hall–Kier alpha value is -0.830. The first kappa shape index (κ1) is 20.2. The van der Waals surface area contributed by atoms with Crippen LogP contribution in [0.15, 0.2) is 16.4 Å². The van der Waals surface area contributed by atoms with Crippen LogP contribution >= 0.6 is 35.3 Å². The minimum Gasteiger partial charge on any atom is -0.357 e. The van der Waals surface area contributed by atoms with E-state index >= 15 is 0 Å². The maximum absolute atomic E-state index is 12.3. The van der Waals surface area contributed by atoms with Crippen molar-refractivity contribution in [2.24, 2.45) is 4.99 Å². The first-order valence-corrected chi connectivity index (χ1v) is 8.97. The van der Waals surface area contributed by atoms with Crippen molar-refractivity contribution in [3.05, 3.63) is 21.9 Å². The van der Waals surface area contributed by atoms with Crippen LogP contribution in [0, 0.1) is 0 Å². The van der Waals surface area contributed by atoms with Crippen LogP contribution in [0.5, 0.6) is 0 Å². The Bertz CT molecular complexity index is 518. The molecule has 1 amide bonds. The van der Waals surface area contributed by atoms with E-state index < -0.39 is 0 Å². The molecular weight excluding hydrogens is 423 g/mol. The fourth-order valence-electron chi connectivity index (χ4n) is 2.43. The van der Waals surface area contributed by atoms with Crippen LogP contribution in [0.4, 0.5) is 0 Å². The average Bonchev–Trinajstić information content (AvgIpc) is 3.00. The second-order valence-electron chi connectivity index (χ2n) is 5.41. The molecule has 0 bridgehead atoms. The van der Waals surface area contributed by atoms with Crippen LogP contribution in [-0.2, 0) is 17.8 Å². The largest absolute Gasteiger partial charge is 0.357 e. The second-order valence-corrected chi connectivity index (χ2v) is 6.41. The number of nitrogens with zero attached hydrogens (tertiary/aromatic N) is 2. The molecule has 23 heavy (non-hydrogen) atoms. The minimum atomic E-state index is 0. The standard InChI is InChI=1S/C16H26N4OS.HI/c1-3-5-8-18-16(17-4-2)19-11-15(21)20-9-6-14-13(12-20)7-10-22-14;/h7,10H,3-6,8-9,11-12H2,1-2H3,(H2,17,18,19);1H. The summed E-state index contributed by atoms with van der Waals surface area (Å²) in [6.45, 7) is 7.62. The molecule has 2 heterocycles. The number of hydrogen-bond donors (Lipinski definition) is 2. The van der Waals surface area contributed by atoms with Crippen molar-refractivity contribution in [2.45, 2.75) is 39.7 Å². The normalized spacial score (nSPS) is 14.0. The molecule has 7 heteroatoms. The molecule has 1 aromatic heterocycles. The summed E-state index contributed by atoms with van der Waals surface area (Å²) < 4.78 is 0. The van der Waals surface area contributed by atoms with Gasteiger partial charge in [-0.2, -0.15) is 0 Å². The van der Waals surface area contributed by atoms with Crippen molar-refractivity contribution in [3.8, 4) is 0 Å². The van der Waals surface area contributed by atoms with Crippen LogP contribution in [0.1, 0.15) is 37.1 Å².